The van der Waals surface area contributed by atoms with Gasteiger partial charge in [-0.25, -0.2) is 4.39 Å². The molecule has 0 unspecified atom stereocenters. The minimum absolute atomic E-state index is 0.174. The SMILES string of the molecule is COc1cccc(-c2ccc(F)c(CC(=O)O)c2)c1. The molecule has 2 aromatic rings. The van der Waals surface area contributed by atoms with Crippen molar-refractivity contribution in [2.24, 2.45) is 0 Å². The molecule has 0 amide bonds. The van der Waals surface area contributed by atoms with Gasteiger partial charge < -0.3 is 9.84 Å². The first-order valence-electron chi connectivity index (χ1n) is 5.75. The van der Waals surface area contributed by atoms with Crippen molar-refractivity contribution in [1.82, 2.24) is 0 Å². The summed E-state index contributed by atoms with van der Waals surface area (Å²) < 4.78 is 18.6. The molecule has 0 fully saturated rings. The third-order valence-electron chi connectivity index (χ3n) is 2.79. The van der Waals surface area contributed by atoms with Crippen LogP contribution in [0.15, 0.2) is 42.5 Å². The Labute approximate surface area is 110 Å². The van der Waals surface area contributed by atoms with Crippen molar-refractivity contribution in [1.29, 1.82) is 0 Å². The van der Waals surface area contributed by atoms with E-state index in [1.165, 1.54) is 6.07 Å². The van der Waals surface area contributed by atoms with Crippen LogP contribution in [0.2, 0.25) is 0 Å². The standard InChI is InChI=1S/C15H13FO3/c1-19-13-4-2-3-10(8-13)11-5-6-14(16)12(7-11)9-15(17)18/h2-8H,9H2,1H3,(H,17,18). The van der Waals surface area contributed by atoms with Crippen LogP contribution in [-0.4, -0.2) is 18.2 Å². The van der Waals surface area contributed by atoms with Gasteiger partial charge in [-0.05, 0) is 41.0 Å². The number of halogens is 1. The molecule has 0 aliphatic carbocycles. The van der Waals surface area contributed by atoms with Crippen LogP contribution in [0.5, 0.6) is 5.75 Å². The second-order valence-corrected chi connectivity index (χ2v) is 4.11. The number of carboxylic acids is 1. The highest BCUT2D eigenvalue weighted by Gasteiger charge is 2.09. The van der Waals surface area contributed by atoms with Gasteiger partial charge in [0.05, 0.1) is 13.5 Å². The van der Waals surface area contributed by atoms with E-state index in [-0.39, 0.29) is 12.0 Å². The summed E-state index contributed by atoms with van der Waals surface area (Å²) in [4.78, 5) is 10.7. The zero-order valence-electron chi connectivity index (χ0n) is 10.4. The maximum Gasteiger partial charge on any atom is 0.307 e. The molecule has 98 valence electrons. The van der Waals surface area contributed by atoms with Gasteiger partial charge >= 0.3 is 5.97 Å². The average molecular weight is 260 g/mol. The van der Waals surface area contributed by atoms with Crippen molar-refractivity contribution in [3.8, 4) is 16.9 Å². The number of rotatable bonds is 4. The zero-order valence-corrected chi connectivity index (χ0v) is 10.4. The van der Waals surface area contributed by atoms with Gasteiger partial charge in [0, 0.05) is 0 Å². The van der Waals surface area contributed by atoms with Crippen LogP contribution in [0.1, 0.15) is 5.56 Å². The topological polar surface area (TPSA) is 46.5 Å². The summed E-state index contributed by atoms with van der Waals surface area (Å²) in [5.41, 5.74) is 1.79. The van der Waals surface area contributed by atoms with E-state index in [2.05, 4.69) is 0 Å². The fourth-order valence-electron chi connectivity index (χ4n) is 1.86. The number of hydrogen-bond donors (Lipinski definition) is 1. The second-order valence-electron chi connectivity index (χ2n) is 4.11. The fraction of sp³-hybridized carbons (Fsp3) is 0.133. The molecule has 0 atom stereocenters. The van der Waals surface area contributed by atoms with E-state index >= 15 is 0 Å². The number of ether oxygens (including phenoxy) is 1. The lowest BCUT2D eigenvalue weighted by Gasteiger charge is -2.07. The monoisotopic (exact) mass is 260 g/mol. The molecule has 0 saturated carbocycles. The van der Waals surface area contributed by atoms with Crippen molar-refractivity contribution >= 4 is 5.97 Å². The second kappa shape index (κ2) is 5.52. The minimum Gasteiger partial charge on any atom is -0.497 e. The smallest absolute Gasteiger partial charge is 0.307 e. The van der Waals surface area contributed by atoms with Crippen molar-refractivity contribution < 1.29 is 19.0 Å². The Bertz CT molecular complexity index is 608. The molecule has 0 aliphatic rings. The van der Waals surface area contributed by atoms with Crippen LogP contribution >= 0.6 is 0 Å². The Balaban J connectivity index is 2.41. The van der Waals surface area contributed by atoms with Crippen LogP contribution in [-0.2, 0) is 11.2 Å². The lowest BCUT2D eigenvalue weighted by atomic mass is 10.0. The molecule has 2 aromatic carbocycles. The molecule has 2 rings (SSSR count). The summed E-state index contributed by atoms with van der Waals surface area (Å²) >= 11 is 0. The Morgan fingerprint density at radius 3 is 2.63 bits per heavy atom. The maximum atomic E-state index is 13.5. The highest BCUT2D eigenvalue weighted by Crippen LogP contribution is 2.25. The quantitative estimate of drug-likeness (QED) is 0.918. The first kappa shape index (κ1) is 13.1. The van der Waals surface area contributed by atoms with E-state index in [0.29, 0.717) is 5.75 Å². The van der Waals surface area contributed by atoms with Crippen molar-refractivity contribution in [2.75, 3.05) is 7.11 Å². The van der Waals surface area contributed by atoms with E-state index in [9.17, 15) is 9.18 Å². The lowest BCUT2D eigenvalue weighted by molar-refractivity contribution is -0.136. The number of benzene rings is 2. The zero-order chi connectivity index (χ0) is 13.8. The average Bonchev–Trinajstić information content (AvgIpc) is 2.41. The van der Waals surface area contributed by atoms with Crippen LogP contribution in [0, 0.1) is 5.82 Å². The third kappa shape index (κ3) is 3.10. The lowest BCUT2D eigenvalue weighted by Crippen LogP contribution is -2.02. The Kier molecular flexibility index (Phi) is 3.80. The Morgan fingerprint density at radius 2 is 1.95 bits per heavy atom. The maximum absolute atomic E-state index is 13.5. The molecule has 0 bridgehead atoms. The normalized spacial score (nSPS) is 10.2. The van der Waals surface area contributed by atoms with E-state index in [1.807, 2.05) is 24.3 Å². The molecule has 0 aromatic heterocycles. The molecule has 4 heteroatoms. The number of hydrogen-bond acceptors (Lipinski definition) is 2. The predicted octanol–water partition coefficient (Wildman–Crippen LogP) is 3.13. The highest BCUT2D eigenvalue weighted by molar-refractivity contribution is 5.72. The van der Waals surface area contributed by atoms with Crippen LogP contribution in [0.25, 0.3) is 11.1 Å². The van der Waals surface area contributed by atoms with Crippen molar-refractivity contribution in [2.45, 2.75) is 6.42 Å². The summed E-state index contributed by atoms with van der Waals surface area (Å²) in [5.74, 6) is -0.864. The Morgan fingerprint density at radius 1 is 1.21 bits per heavy atom. The molecule has 0 spiro atoms. The summed E-state index contributed by atoms with van der Waals surface area (Å²) in [5, 5.41) is 8.75. The Hall–Kier alpha value is -2.36. The minimum atomic E-state index is -1.05. The van der Waals surface area contributed by atoms with Gasteiger partial charge in [-0.1, -0.05) is 18.2 Å². The first-order valence-corrected chi connectivity index (χ1v) is 5.75. The highest BCUT2D eigenvalue weighted by atomic mass is 19.1. The predicted molar refractivity (Wildman–Crippen MR) is 69.7 cm³/mol. The molecular formula is C15H13FO3. The molecule has 3 nitrogen and oxygen atoms in total. The molecule has 0 radical (unpaired) electrons. The molecule has 1 N–H and O–H groups in total. The number of aliphatic carboxylic acids is 1. The van der Waals surface area contributed by atoms with E-state index in [0.717, 1.165) is 11.1 Å². The van der Waals surface area contributed by atoms with Crippen molar-refractivity contribution in [3.05, 3.63) is 53.8 Å². The molecule has 19 heavy (non-hydrogen) atoms. The molecule has 0 saturated heterocycles. The van der Waals surface area contributed by atoms with Gasteiger partial charge in [0.15, 0.2) is 0 Å². The summed E-state index contributed by atoms with van der Waals surface area (Å²) in [6.45, 7) is 0. The number of carbonyl (C=O) groups is 1. The summed E-state index contributed by atoms with van der Waals surface area (Å²) in [6.07, 6.45) is -0.330. The summed E-state index contributed by atoms with van der Waals surface area (Å²) in [6, 6.07) is 11.8. The third-order valence-corrected chi connectivity index (χ3v) is 2.79. The molecule has 0 heterocycles. The van der Waals surface area contributed by atoms with Crippen LogP contribution < -0.4 is 4.74 Å². The van der Waals surface area contributed by atoms with Crippen LogP contribution in [0.3, 0.4) is 0 Å². The fourth-order valence-corrected chi connectivity index (χ4v) is 1.86. The van der Waals surface area contributed by atoms with Gasteiger partial charge in [0.25, 0.3) is 0 Å². The number of carboxylic acid groups (broad SMARTS) is 1. The van der Waals surface area contributed by atoms with Crippen LogP contribution in [0.4, 0.5) is 4.39 Å². The summed E-state index contributed by atoms with van der Waals surface area (Å²) in [7, 11) is 1.57. The van der Waals surface area contributed by atoms with Gasteiger partial charge in [-0.15, -0.1) is 0 Å². The van der Waals surface area contributed by atoms with Gasteiger partial charge in [-0.2, -0.15) is 0 Å². The largest absolute Gasteiger partial charge is 0.497 e. The van der Waals surface area contributed by atoms with Crippen molar-refractivity contribution in [3.63, 3.8) is 0 Å². The van der Waals surface area contributed by atoms with E-state index in [1.54, 1.807) is 19.2 Å². The van der Waals surface area contributed by atoms with Gasteiger partial charge in [0.1, 0.15) is 11.6 Å². The molecular weight excluding hydrogens is 247 g/mol. The van der Waals surface area contributed by atoms with Gasteiger partial charge in [0.2, 0.25) is 0 Å². The molecule has 0 aliphatic heterocycles. The van der Waals surface area contributed by atoms with Gasteiger partial charge in [-0.3, -0.25) is 4.79 Å². The van der Waals surface area contributed by atoms with E-state index < -0.39 is 11.8 Å². The number of methoxy groups -OCH3 is 1. The first-order chi connectivity index (χ1) is 9.10. The van der Waals surface area contributed by atoms with E-state index in [4.69, 9.17) is 9.84 Å².